The zero-order valence-corrected chi connectivity index (χ0v) is 8.85. The summed E-state index contributed by atoms with van der Waals surface area (Å²) in [6.45, 7) is 3.24. The highest BCUT2D eigenvalue weighted by molar-refractivity contribution is 4.95. The van der Waals surface area contributed by atoms with Crippen LogP contribution in [0.2, 0.25) is 0 Å². The van der Waals surface area contributed by atoms with Gasteiger partial charge >= 0.3 is 0 Å². The van der Waals surface area contributed by atoms with Gasteiger partial charge in [0.15, 0.2) is 5.82 Å². The van der Waals surface area contributed by atoms with Gasteiger partial charge in [-0.05, 0) is 19.8 Å². The van der Waals surface area contributed by atoms with Crippen LogP contribution in [0.3, 0.4) is 0 Å². The zero-order valence-electron chi connectivity index (χ0n) is 8.85. The number of aromatic nitrogens is 2. The molecule has 1 aliphatic rings. The minimum absolute atomic E-state index is 0.328. The summed E-state index contributed by atoms with van der Waals surface area (Å²) >= 11 is 0. The second kappa shape index (κ2) is 4.72. The van der Waals surface area contributed by atoms with Gasteiger partial charge in [0.25, 0.3) is 0 Å². The second-order valence-corrected chi connectivity index (χ2v) is 3.99. The smallest absolute Gasteiger partial charge is 0.229 e. The van der Waals surface area contributed by atoms with Crippen molar-refractivity contribution < 1.29 is 14.4 Å². The standard InChI is InChI=1S/C10H16N2O3/c1-7(13)6-9-11-10(15-12-9)8-2-4-14-5-3-8/h7-8,13H,2-6H2,1H3. The van der Waals surface area contributed by atoms with Crippen molar-refractivity contribution in [2.45, 2.75) is 38.2 Å². The minimum atomic E-state index is -0.426. The lowest BCUT2D eigenvalue weighted by molar-refractivity contribution is 0.0778. The van der Waals surface area contributed by atoms with Crippen LogP contribution in [-0.2, 0) is 11.2 Å². The van der Waals surface area contributed by atoms with Crippen LogP contribution in [0.15, 0.2) is 4.52 Å². The van der Waals surface area contributed by atoms with Gasteiger partial charge in [-0.25, -0.2) is 0 Å². The third-order valence-corrected chi connectivity index (χ3v) is 2.53. The maximum Gasteiger partial charge on any atom is 0.229 e. The van der Waals surface area contributed by atoms with Crippen LogP contribution in [0.4, 0.5) is 0 Å². The summed E-state index contributed by atoms with van der Waals surface area (Å²) < 4.78 is 10.4. The topological polar surface area (TPSA) is 68.4 Å². The van der Waals surface area contributed by atoms with Gasteiger partial charge < -0.3 is 14.4 Å². The number of hydrogen-bond acceptors (Lipinski definition) is 5. The molecule has 1 atom stereocenters. The van der Waals surface area contributed by atoms with Crippen molar-refractivity contribution in [2.24, 2.45) is 0 Å². The molecule has 0 amide bonds. The molecular formula is C10H16N2O3. The Morgan fingerprint density at radius 2 is 2.20 bits per heavy atom. The molecule has 1 saturated heterocycles. The highest BCUT2D eigenvalue weighted by Gasteiger charge is 2.22. The van der Waals surface area contributed by atoms with E-state index in [0.29, 0.717) is 24.1 Å². The lowest BCUT2D eigenvalue weighted by atomic mass is 10.0. The summed E-state index contributed by atoms with van der Waals surface area (Å²) in [5, 5.41) is 13.0. The Kier molecular flexibility index (Phi) is 3.33. The molecule has 1 aromatic heterocycles. The highest BCUT2D eigenvalue weighted by atomic mass is 16.5. The van der Waals surface area contributed by atoms with E-state index >= 15 is 0 Å². The van der Waals surface area contributed by atoms with Gasteiger partial charge in [-0.3, -0.25) is 0 Å². The Hall–Kier alpha value is -0.940. The Morgan fingerprint density at radius 3 is 2.87 bits per heavy atom. The molecule has 5 nitrogen and oxygen atoms in total. The van der Waals surface area contributed by atoms with E-state index in [9.17, 15) is 5.11 Å². The Balaban J connectivity index is 1.99. The molecule has 1 aliphatic heterocycles. The molecule has 5 heteroatoms. The van der Waals surface area contributed by atoms with Gasteiger partial charge in [0.2, 0.25) is 5.89 Å². The van der Waals surface area contributed by atoms with Gasteiger partial charge in [-0.15, -0.1) is 0 Å². The fourth-order valence-electron chi connectivity index (χ4n) is 1.72. The van der Waals surface area contributed by atoms with Crippen molar-refractivity contribution in [3.8, 4) is 0 Å². The van der Waals surface area contributed by atoms with E-state index in [1.54, 1.807) is 6.92 Å². The first-order valence-electron chi connectivity index (χ1n) is 5.34. The molecule has 2 heterocycles. The fraction of sp³-hybridized carbons (Fsp3) is 0.800. The van der Waals surface area contributed by atoms with Crippen molar-refractivity contribution in [3.63, 3.8) is 0 Å². The number of hydrogen-bond donors (Lipinski definition) is 1. The van der Waals surface area contributed by atoms with Crippen molar-refractivity contribution >= 4 is 0 Å². The van der Waals surface area contributed by atoms with Crippen molar-refractivity contribution in [1.82, 2.24) is 10.1 Å². The van der Waals surface area contributed by atoms with E-state index in [1.165, 1.54) is 0 Å². The van der Waals surface area contributed by atoms with E-state index in [4.69, 9.17) is 9.26 Å². The van der Waals surface area contributed by atoms with Crippen molar-refractivity contribution in [1.29, 1.82) is 0 Å². The van der Waals surface area contributed by atoms with Gasteiger partial charge in [0, 0.05) is 25.6 Å². The quantitative estimate of drug-likeness (QED) is 0.805. The van der Waals surface area contributed by atoms with Gasteiger partial charge in [-0.2, -0.15) is 4.98 Å². The van der Waals surface area contributed by atoms with Crippen molar-refractivity contribution in [2.75, 3.05) is 13.2 Å². The average molecular weight is 212 g/mol. The Bertz CT molecular complexity index is 305. The summed E-state index contributed by atoms with van der Waals surface area (Å²) in [6.07, 6.45) is 1.91. The molecular weight excluding hydrogens is 196 g/mol. The maximum atomic E-state index is 9.18. The summed E-state index contributed by atoms with van der Waals surface area (Å²) in [6, 6.07) is 0. The second-order valence-electron chi connectivity index (χ2n) is 3.99. The summed E-state index contributed by atoms with van der Waals surface area (Å²) in [7, 11) is 0. The van der Waals surface area contributed by atoms with Gasteiger partial charge in [-0.1, -0.05) is 5.16 Å². The van der Waals surface area contributed by atoms with E-state index < -0.39 is 6.10 Å². The first kappa shape index (κ1) is 10.6. The predicted molar refractivity (Wildman–Crippen MR) is 52.5 cm³/mol. The van der Waals surface area contributed by atoms with Crippen LogP contribution >= 0.6 is 0 Å². The maximum absolute atomic E-state index is 9.18. The predicted octanol–water partition coefficient (Wildman–Crippen LogP) is 0.887. The molecule has 1 fully saturated rings. The van der Waals surface area contributed by atoms with Crippen LogP contribution in [0.1, 0.15) is 37.4 Å². The van der Waals surface area contributed by atoms with Crippen molar-refractivity contribution in [3.05, 3.63) is 11.7 Å². The molecule has 1 unspecified atom stereocenters. The van der Waals surface area contributed by atoms with E-state index in [1.807, 2.05) is 0 Å². The monoisotopic (exact) mass is 212 g/mol. The molecule has 0 saturated carbocycles. The van der Waals surface area contributed by atoms with Crippen LogP contribution < -0.4 is 0 Å². The van der Waals surface area contributed by atoms with Crippen LogP contribution in [0.25, 0.3) is 0 Å². The molecule has 0 radical (unpaired) electrons. The van der Waals surface area contributed by atoms with Crippen LogP contribution in [0.5, 0.6) is 0 Å². The number of rotatable bonds is 3. The summed E-state index contributed by atoms with van der Waals surface area (Å²) in [5.41, 5.74) is 0. The highest BCUT2D eigenvalue weighted by Crippen LogP contribution is 2.25. The van der Waals surface area contributed by atoms with E-state index in [2.05, 4.69) is 10.1 Å². The zero-order chi connectivity index (χ0) is 10.7. The summed E-state index contributed by atoms with van der Waals surface area (Å²) in [4.78, 5) is 4.28. The number of aliphatic hydroxyl groups is 1. The lowest BCUT2D eigenvalue weighted by Crippen LogP contribution is -2.14. The third-order valence-electron chi connectivity index (χ3n) is 2.53. The number of ether oxygens (including phenoxy) is 1. The third kappa shape index (κ3) is 2.76. The van der Waals surface area contributed by atoms with Crippen LogP contribution in [-0.4, -0.2) is 34.6 Å². The molecule has 15 heavy (non-hydrogen) atoms. The lowest BCUT2D eigenvalue weighted by Gasteiger charge is -2.17. The Labute approximate surface area is 88.4 Å². The Morgan fingerprint density at radius 1 is 1.47 bits per heavy atom. The molecule has 1 N–H and O–H groups in total. The van der Waals surface area contributed by atoms with Gasteiger partial charge in [0.05, 0.1) is 6.10 Å². The van der Waals surface area contributed by atoms with Gasteiger partial charge in [0.1, 0.15) is 0 Å². The fourth-order valence-corrected chi connectivity index (χ4v) is 1.72. The molecule has 0 aromatic carbocycles. The van der Waals surface area contributed by atoms with Crippen LogP contribution in [0, 0.1) is 0 Å². The minimum Gasteiger partial charge on any atom is -0.393 e. The largest absolute Gasteiger partial charge is 0.393 e. The SMILES string of the molecule is CC(O)Cc1noc(C2CCOCC2)n1. The molecule has 0 spiro atoms. The molecule has 1 aromatic rings. The first-order valence-corrected chi connectivity index (χ1v) is 5.34. The molecule has 2 rings (SSSR count). The average Bonchev–Trinajstić information content (AvgIpc) is 2.67. The summed E-state index contributed by atoms with van der Waals surface area (Å²) in [5.74, 6) is 1.61. The normalized spacial score (nSPS) is 20.4. The molecule has 0 aliphatic carbocycles. The van der Waals surface area contributed by atoms with E-state index in [0.717, 1.165) is 26.1 Å². The molecule has 0 bridgehead atoms. The number of nitrogens with zero attached hydrogens (tertiary/aromatic N) is 2. The first-order chi connectivity index (χ1) is 7.25. The molecule has 84 valence electrons. The van der Waals surface area contributed by atoms with E-state index in [-0.39, 0.29) is 0 Å². The number of aliphatic hydroxyl groups excluding tert-OH is 1.